The first-order chi connectivity index (χ1) is 9.65. The number of anilines is 1. The first-order valence-electron chi connectivity index (χ1n) is 5.76. The van der Waals surface area contributed by atoms with Crippen molar-refractivity contribution in [3.63, 3.8) is 0 Å². The Morgan fingerprint density at radius 2 is 2.00 bits per heavy atom. The Kier molecular flexibility index (Phi) is 3.50. The number of thiazole rings is 1. The van der Waals surface area contributed by atoms with Crippen molar-refractivity contribution in [1.29, 1.82) is 0 Å². The van der Waals surface area contributed by atoms with Crippen LogP contribution in [0.5, 0.6) is 0 Å². The van der Waals surface area contributed by atoms with Crippen LogP contribution in [-0.2, 0) is 0 Å². The van der Waals surface area contributed by atoms with E-state index in [4.69, 9.17) is 0 Å². The van der Waals surface area contributed by atoms with Gasteiger partial charge in [0.15, 0.2) is 5.13 Å². The fourth-order valence-electron chi connectivity index (χ4n) is 1.78. The van der Waals surface area contributed by atoms with Gasteiger partial charge < -0.3 is 0 Å². The molecular weight excluding hydrogens is 343 g/mol. The quantitative estimate of drug-likeness (QED) is 0.741. The molecule has 3 nitrogen and oxygen atoms in total. The van der Waals surface area contributed by atoms with Crippen LogP contribution in [0.1, 0.15) is 10.4 Å². The molecule has 1 aromatic heterocycles. The second-order valence-electron chi connectivity index (χ2n) is 4.04. The number of halogens is 2. The molecule has 0 bridgehead atoms. The summed E-state index contributed by atoms with van der Waals surface area (Å²) in [7, 11) is 0. The van der Waals surface area contributed by atoms with Crippen LogP contribution in [0, 0.1) is 5.82 Å². The number of aromatic nitrogens is 1. The van der Waals surface area contributed by atoms with Crippen molar-refractivity contribution < 1.29 is 9.18 Å². The Morgan fingerprint density at radius 3 is 2.75 bits per heavy atom. The summed E-state index contributed by atoms with van der Waals surface area (Å²) in [4.78, 5) is 16.3. The molecule has 0 saturated carbocycles. The van der Waals surface area contributed by atoms with E-state index in [1.165, 1.54) is 23.5 Å². The number of hydrogen-bond acceptors (Lipinski definition) is 3. The summed E-state index contributed by atoms with van der Waals surface area (Å²) in [6.07, 6.45) is 0. The van der Waals surface area contributed by atoms with Gasteiger partial charge in [0.05, 0.1) is 15.8 Å². The molecule has 3 aromatic rings. The van der Waals surface area contributed by atoms with Crippen LogP contribution in [-0.4, -0.2) is 10.9 Å². The third kappa shape index (κ3) is 2.44. The second kappa shape index (κ2) is 5.30. The molecule has 0 radical (unpaired) electrons. The van der Waals surface area contributed by atoms with Crippen LogP contribution in [0.4, 0.5) is 9.52 Å². The Bertz CT molecular complexity index is 803. The van der Waals surface area contributed by atoms with Gasteiger partial charge in [0.2, 0.25) is 0 Å². The molecule has 0 unspecified atom stereocenters. The molecule has 1 N–H and O–H groups in total. The van der Waals surface area contributed by atoms with E-state index in [0.29, 0.717) is 5.13 Å². The van der Waals surface area contributed by atoms with Gasteiger partial charge in [0, 0.05) is 4.47 Å². The number of amides is 1. The molecule has 0 spiro atoms. The zero-order valence-electron chi connectivity index (χ0n) is 10.1. The van der Waals surface area contributed by atoms with Gasteiger partial charge in [-0.3, -0.25) is 10.1 Å². The molecule has 0 aliphatic carbocycles. The second-order valence-corrected chi connectivity index (χ2v) is 5.92. The van der Waals surface area contributed by atoms with Gasteiger partial charge in [-0.15, -0.1) is 0 Å². The molecule has 0 aliphatic heterocycles. The maximum absolute atomic E-state index is 13.5. The zero-order valence-corrected chi connectivity index (χ0v) is 12.5. The predicted octanol–water partition coefficient (Wildman–Crippen LogP) is 4.45. The zero-order chi connectivity index (χ0) is 14.1. The fraction of sp³-hybridized carbons (Fsp3) is 0. The lowest BCUT2D eigenvalue weighted by atomic mass is 10.2. The number of benzene rings is 2. The highest BCUT2D eigenvalue weighted by atomic mass is 79.9. The molecule has 0 aliphatic rings. The van der Waals surface area contributed by atoms with Gasteiger partial charge in [-0.1, -0.05) is 29.5 Å². The largest absolute Gasteiger partial charge is 0.298 e. The maximum Gasteiger partial charge on any atom is 0.260 e. The highest BCUT2D eigenvalue weighted by Crippen LogP contribution is 2.31. The summed E-state index contributed by atoms with van der Waals surface area (Å²) >= 11 is 4.75. The van der Waals surface area contributed by atoms with Crippen molar-refractivity contribution >= 4 is 48.5 Å². The molecule has 1 heterocycles. The van der Waals surface area contributed by atoms with Crippen LogP contribution < -0.4 is 5.32 Å². The summed E-state index contributed by atoms with van der Waals surface area (Å²) in [5, 5.41) is 3.07. The molecule has 3 rings (SSSR count). The van der Waals surface area contributed by atoms with E-state index in [9.17, 15) is 9.18 Å². The van der Waals surface area contributed by atoms with Crippen molar-refractivity contribution in [2.75, 3.05) is 5.32 Å². The van der Waals surface area contributed by atoms with E-state index in [1.807, 2.05) is 18.2 Å². The van der Waals surface area contributed by atoms with Crippen LogP contribution in [0.25, 0.3) is 10.2 Å². The lowest BCUT2D eigenvalue weighted by molar-refractivity contribution is 0.102. The minimum Gasteiger partial charge on any atom is -0.298 e. The highest BCUT2D eigenvalue weighted by Gasteiger charge is 2.14. The average molecular weight is 351 g/mol. The smallest absolute Gasteiger partial charge is 0.260 e. The molecule has 100 valence electrons. The minimum atomic E-state index is -0.549. The number of para-hydroxylation sites is 1. The third-order valence-electron chi connectivity index (χ3n) is 2.71. The van der Waals surface area contributed by atoms with E-state index in [2.05, 4.69) is 26.2 Å². The summed E-state index contributed by atoms with van der Waals surface area (Å²) in [6.45, 7) is 0. The standard InChI is InChI=1S/C14H8BrFN2OS/c15-9-5-3-7-11-12(9)17-14(20-11)18-13(19)8-4-1-2-6-10(8)16/h1-7H,(H,17,18,19). The maximum atomic E-state index is 13.5. The van der Waals surface area contributed by atoms with Crippen molar-refractivity contribution in [3.05, 3.63) is 58.3 Å². The number of nitrogens with zero attached hydrogens (tertiary/aromatic N) is 1. The SMILES string of the molecule is O=C(Nc1nc2c(Br)cccc2s1)c1ccccc1F. The van der Waals surface area contributed by atoms with Gasteiger partial charge in [-0.2, -0.15) is 0 Å². The monoisotopic (exact) mass is 350 g/mol. The topological polar surface area (TPSA) is 42.0 Å². The predicted molar refractivity (Wildman–Crippen MR) is 81.7 cm³/mol. The van der Waals surface area contributed by atoms with Gasteiger partial charge >= 0.3 is 0 Å². The van der Waals surface area contributed by atoms with E-state index < -0.39 is 11.7 Å². The average Bonchev–Trinajstić information content (AvgIpc) is 2.83. The lowest BCUT2D eigenvalue weighted by Crippen LogP contribution is -2.13. The van der Waals surface area contributed by atoms with Crippen molar-refractivity contribution in [2.24, 2.45) is 0 Å². The molecule has 6 heteroatoms. The highest BCUT2D eigenvalue weighted by molar-refractivity contribution is 9.10. The van der Waals surface area contributed by atoms with Crippen molar-refractivity contribution in [1.82, 2.24) is 4.98 Å². The van der Waals surface area contributed by atoms with Crippen molar-refractivity contribution in [3.8, 4) is 0 Å². The Morgan fingerprint density at radius 1 is 1.20 bits per heavy atom. The van der Waals surface area contributed by atoms with Gasteiger partial charge in [-0.05, 0) is 40.2 Å². The summed E-state index contributed by atoms with van der Waals surface area (Å²) in [5.74, 6) is -1.05. The Balaban J connectivity index is 1.92. The number of carbonyl (C=O) groups excluding carboxylic acids is 1. The first kappa shape index (κ1) is 13.2. The molecular formula is C14H8BrFN2OS. The van der Waals surface area contributed by atoms with E-state index >= 15 is 0 Å². The summed E-state index contributed by atoms with van der Waals surface area (Å²) < 4.78 is 15.3. The van der Waals surface area contributed by atoms with Crippen LogP contribution in [0.3, 0.4) is 0 Å². The van der Waals surface area contributed by atoms with Gasteiger partial charge in [-0.25, -0.2) is 9.37 Å². The molecule has 0 fully saturated rings. The fourth-order valence-corrected chi connectivity index (χ4v) is 3.25. The molecule has 0 saturated heterocycles. The van der Waals surface area contributed by atoms with Crippen molar-refractivity contribution in [2.45, 2.75) is 0 Å². The molecule has 2 aromatic carbocycles. The third-order valence-corrected chi connectivity index (χ3v) is 4.28. The van der Waals surface area contributed by atoms with Gasteiger partial charge in [0.1, 0.15) is 5.82 Å². The number of carbonyl (C=O) groups is 1. The van der Waals surface area contributed by atoms with E-state index in [0.717, 1.165) is 14.7 Å². The normalized spacial score (nSPS) is 10.7. The number of rotatable bonds is 2. The first-order valence-corrected chi connectivity index (χ1v) is 7.37. The van der Waals surface area contributed by atoms with Crippen LogP contribution in [0.15, 0.2) is 46.9 Å². The van der Waals surface area contributed by atoms with Crippen LogP contribution in [0.2, 0.25) is 0 Å². The Labute approximate surface area is 126 Å². The Hall–Kier alpha value is -1.79. The summed E-state index contributed by atoms with van der Waals surface area (Å²) in [5.41, 5.74) is 0.784. The van der Waals surface area contributed by atoms with E-state index in [-0.39, 0.29) is 5.56 Å². The number of nitrogens with one attached hydrogen (secondary N) is 1. The molecule has 0 atom stereocenters. The number of hydrogen-bond donors (Lipinski definition) is 1. The lowest BCUT2D eigenvalue weighted by Gasteiger charge is -2.02. The number of fused-ring (bicyclic) bond motifs is 1. The van der Waals surface area contributed by atoms with Gasteiger partial charge in [0.25, 0.3) is 5.91 Å². The van der Waals surface area contributed by atoms with Crippen LogP contribution >= 0.6 is 27.3 Å². The summed E-state index contributed by atoms with van der Waals surface area (Å²) in [6, 6.07) is 11.5. The van der Waals surface area contributed by atoms with E-state index in [1.54, 1.807) is 12.1 Å². The molecule has 1 amide bonds. The minimum absolute atomic E-state index is 0.00539. The molecule has 20 heavy (non-hydrogen) atoms.